The third-order valence-electron chi connectivity index (χ3n) is 2.47. The second-order valence-corrected chi connectivity index (χ2v) is 3.94. The van der Waals surface area contributed by atoms with Gasteiger partial charge < -0.3 is 15.0 Å². The van der Waals surface area contributed by atoms with Crippen LogP contribution in [0.15, 0.2) is 24.3 Å². The van der Waals surface area contributed by atoms with Gasteiger partial charge >= 0.3 is 0 Å². The molecule has 0 amide bonds. The lowest BCUT2D eigenvalue weighted by molar-refractivity contribution is 0.123. The van der Waals surface area contributed by atoms with Gasteiger partial charge in [0, 0.05) is 31.9 Å². The van der Waals surface area contributed by atoms with E-state index in [2.05, 4.69) is 10.2 Å². The molecule has 1 aromatic rings. The number of ether oxygens (including phenoxy) is 1. The van der Waals surface area contributed by atoms with Gasteiger partial charge in [-0.25, -0.2) is 4.39 Å². The van der Waals surface area contributed by atoms with Crippen LogP contribution in [0.4, 0.5) is 10.1 Å². The topological polar surface area (TPSA) is 24.5 Å². The lowest BCUT2D eigenvalue weighted by atomic mass is 10.3. The number of nitrogens with zero attached hydrogens (tertiary/aromatic N) is 1. The molecule has 17 heavy (non-hydrogen) atoms. The summed E-state index contributed by atoms with van der Waals surface area (Å²) < 4.78 is 18.2. The van der Waals surface area contributed by atoms with Gasteiger partial charge in [-0.1, -0.05) is 6.07 Å². The summed E-state index contributed by atoms with van der Waals surface area (Å²) in [5.74, 6) is -0.209. The Morgan fingerprint density at radius 3 is 2.88 bits per heavy atom. The number of hydrogen-bond donors (Lipinski definition) is 1. The van der Waals surface area contributed by atoms with E-state index in [1.807, 2.05) is 20.0 Å². The van der Waals surface area contributed by atoms with E-state index < -0.39 is 0 Å². The van der Waals surface area contributed by atoms with Gasteiger partial charge in [0.05, 0.1) is 6.61 Å². The van der Waals surface area contributed by atoms with Crippen molar-refractivity contribution in [3.05, 3.63) is 30.1 Å². The number of halogens is 1. The minimum atomic E-state index is -0.209. The van der Waals surface area contributed by atoms with Crippen molar-refractivity contribution in [1.82, 2.24) is 4.90 Å². The molecule has 0 aliphatic rings. The van der Waals surface area contributed by atoms with Gasteiger partial charge in [0.1, 0.15) is 5.82 Å². The predicted octanol–water partition coefficient (Wildman–Crippen LogP) is 2.21. The van der Waals surface area contributed by atoms with Gasteiger partial charge in [0.2, 0.25) is 0 Å². The van der Waals surface area contributed by atoms with E-state index in [9.17, 15) is 4.39 Å². The van der Waals surface area contributed by atoms with Crippen LogP contribution in [0.1, 0.15) is 6.92 Å². The van der Waals surface area contributed by atoms with Gasteiger partial charge in [-0.05, 0) is 32.2 Å². The number of anilines is 1. The molecule has 0 bridgehead atoms. The average molecular weight is 240 g/mol. The number of rotatable bonds is 8. The number of nitrogens with one attached hydrogen (secondary N) is 1. The predicted molar refractivity (Wildman–Crippen MR) is 68.9 cm³/mol. The molecule has 3 nitrogen and oxygen atoms in total. The van der Waals surface area contributed by atoms with Crippen LogP contribution in [0, 0.1) is 5.82 Å². The Morgan fingerprint density at radius 2 is 2.18 bits per heavy atom. The summed E-state index contributed by atoms with van der Waals surface area (Å²) in [4.78, 5) is 2.18. The molecule has 1 N–H and O–H groups in total. The van der Waals surface area contributed by atoms with Gasteiger partial charge in [0.25, 0.3) is 0 Å². The second-order valence-electron chi connectivity index (χ2n) is 3.94. The van der Waals surface area contributed by atoms with E-state index in [-0.39, 0.29) is 5.82 Å². The van der Waals surface area contributed by atoms with E-state index in [0.717, 1.165) is 38.5 Å². The SMILES string of the molecule is CCOCCN(C)CCNc1cccc(F)c1. The Balaban J connectivity index is 2.14. The molecule has 0 fully saturated rings. The van der Waals surface area contributed by atoms with Crippen molar-refractivity contribution in [2.75, 3.05) is 45.2 Å². The van der Waals surface area contributed by atoms with Crippen molar-refractivity contribution in [1.29, 1.82) is 0 Å². The Bertz CT molecular complexity index is 320. The molecule has 0 saturated carbocycles. The van der Waals surface area contributed by atoms with Gasteiger partial charge in [0.15, 0.2) is 0 Å². The van der Waals surface area contributed by atoms with Crippen LogP contribution in [0.2, 0.25) is 0 Å². The molecule has 96 valence electrons. The van der Waals surface area contributed by atoms with Gasteiger partial charge in [-0.15, -0.1) is 0 Å². The monoisotopic (exact) mass is 240 g/mol. The molecule has 4 heteroatoms. The maximum absolute atomic E-state index is 12.9. The molecule has 0 spiro atoms. The smallest absolute Gasteiger partial charge is 0.125 e. The summed E-state index contributed by atoms with van der Waals surface area (Å²) in [6.45, 7) is 6.13. The van der Waals surface area contributed by atoms with Gasteiger partial charge in [-0.3, -0.25) is 0 Å². The largest absolute Gasteiger partial charge is 0.384 e. The third-order valence-corrected chi connectivity index (χ3v) is 2.47. The summed E-state index contributed by atoms with van der Waals surface area (Å²) in [5, 5.41) is 3.18. The maximum atomic E-state index is 12.9. The summed E-state index contributed by atoms with van der Waals surface area (Å²) in [6, 6.07) is 6.51. The molecule has 0 radical (unpaired) electrons. The van der Waals surface area contributed by atoms with Crippen LogP contribution in [-0.4, -0.2) is 44.8 Å². The van der Waals surface area contributed by atoms with Crippen LogP contribution < -0.4 is 5.32 Å². The minimum absolute atomic E-state index is 0.209. The molecular formula is C13H21FN2O. The minimum Gasteiger partial charge on any atom is -0.384 e. The molecule has 1 aromatic carbocycles. The highest BCUT2D eigenvalue weighted by molar-refractivity contribution is 5.42. The van der Waals surface area contributed by atoms with Crippen molar-refractivity contribution >= 4 is 5.69 Å². The number of hydrogen-bond acceptors (Lipinski definition) is 3. The van der Waals surface area contributed by atoms with E-state index in [0.29, 0.717) is 0 Å². The fourth-order valence-electron chi connectivity index (χ4n) is 1.47. The fourth-order valence-corrected chi connectivity index (χ4v) is 1.47. The summed E-state index contributed by atoms with van der Waals surface area (Å²) in [7, 11) is 2.05. The van der Waals surface area contributed by atoms with Crippen molar-refractivity contribution < 1.29 is 9.13 Å². The van der Waals surface area contributed by atoms with Crippen LogP contribution in [0.25, 0.3) is 0 Å². The summed E-state index contributed by atoms with van der Waals surface area (Å²) >= 11 is 0. The van der Waals surface area contributed by atoms with Crippen LogP contribution >= 0.6 is 0 Å². The summed E-state index contributed by atoms with van der Waals surface area (Å²) in [6.07, 6.45) is 0. The van der Waals surface area contributed by atoms with Gasteiger partial charge in [-0.2, -0.15) is 0 Å². The highest BCUT2D eigenvalue weighted by Gasteiger charge is 1.98. The Hall–Kier alpha value is -1.13. The first-order chi connectivity index (χ1) is 8.22. The molecule has 1 rings (SSSR count). The molecule has 0 unspecified atom stereocenters. The highest BCUT2D eigenvalue weighted by atomic mass is 19.1. The van der Waals surface area contributed by atoms with Crippen molar-refractivity contribution in [2.24, 2.45) is 0 Å². The molecule has 0 saturated heterocycles. The first kappa shape index (κ1) is 13.9. The lowest BCUT2D eigenvalue weighted by Gasteiger charge is -2.17. The molecule has 0 aliphatic carbocycles. The number of benzene rings is 1. The van der Waals surface area contributed by atoms with E-state index in [1.165, 1.54) is 12.1 Å². The van der Waals surface area contributed by atoms with Crippen molar-refractivity contribution in [3.8, 4) is 0 Å². The Kier molecular flexibility index (Phi) is 6.58. The Morgan fingerprint density at radius 1 is 1.35 bits per heavy atom. The standard InChI is InChI=1S/C13H21FN2O/c1-3-17-10-9-16(2)8-7-15-13-6-4-5-12(14)11-13/h4-6,11,15H,3,7-10H2,1-2H3. The van der Waals surface area contributed by atoms with Crippen LogP contribution in [0.3, 0.4) is 0 Å². The van der Waals surface area contributed by atoms with E-state index in [4.69, 9.17) is 4.74 Å². The second kappa shape index (κ2) is 8.03. The van der Waals surface area contributed by atoms with E-state index in [1.54, 1.807) is 6.07 Å². The molecule has 0 heterocycles. The third kappa shape index (κ3) is 6.24. The molecule has 0 atom stereocenters. The number of likely N-dealkylation sites (N-methyl/N-ethyl adjacent to an activating group) is 1. The molecule has 0 aliphatic heterocycles. The Labute approximate surface area is 103 Å². The van der Waals surface area contributed by atoms with Crippen LogP contribution in [-0.2, 0) is 4.74 Å². The zero-order valence-corrected chi connectivity index (χ0v) is 10.6. The quantitative estimate of drug-likeness (QED) is 0.705. The van der Waals surface area contributed by atoms with Crippen LogP contribution in [0.5, 0.6) is 0 Å². The molecule has 0 aromatic heterocycles. The van der Waals surface area contributed by atoms with Crippen molar-refractivity contribution in [2.45, 2.75) is 6.92 Å². The summed E-state index contributed by atoms with van der Waals surface area (Å²) in [5.41, 5.74) is 0.822. The molecular weight excluding hydrogens is 219 g/mol. The normalized spacial score (nSPS) is 10.8. The zero-order valence-electron chi connectivity index (χ0n) is 10.6. The lowest BCUT2D eigenvalue weighted by Crippen LogP contribution is -2.28. The van der Waals surface area contributed by atoms with E-state index >= 15 is 0 Å². The first-order valence-corrected chi connectivity index (χ1v) is 5.98. The fraction of sp³-hybridized carbons (Fsp3) is 0.538. The van der Waals surface area contributed by atoms with Crippen molar-refractivity contribution in [3.63, 3.8) is 0 Å². The average Bonchev–Trinajstić information content (AvgIpc) is 2.29. The first-order valence-electron chi connectivity index (χ1n) is 5.98. The zero-order chi connectivity index (χ0) is 12.5. The maximum Gasteiger partial charge on any atom is 0.125 e. The highest BCUT2D eigenvalue weighted by Crippen LogP contribution is 2.08.